The van der Waals surface area contributed by atoms with Gasteiger partial charge in [0.05, 0.1) is 6.04 Å². The molecule has 0 N–H and O–H groups in total. The van der Waals surface area contributed by atoms with Crippen molar-refractivity contribution in [1.82, 2.24) is 9.80 Å². The molecule has 2 aromatic carbocycles. The first kappa shape index (κ1) is 21.7. The van der Waals surface area contributed by atoms with E-state index in [1.54, 1.807) is 22.3 Å². The minimum atomic E-state index is -0.0929. The third-order valence-electron chi connectivity index (χ3n) is 6.56. The van der Waals surface area contributed by atoms with E-state index < -0.39 is 0 Å². The molecule has 0 radical (unpaired) electrons. The number of amides is 2. The number of rotatable bonds is 6. The number of carbonyl (C=O) groups is 2. The smallest absolute Gasteiger partial charge is 0.247 e. The van der Waals surface area contributed by atoms with Crippen molar-refractivity contribution in [2.45, 2.75) is 38.3 Å². The Labute approximate surface area is 199 Å². The molecular formula is C28H28N2O2S. The summed E-state index contributed by atoms with van der Waals surface area (Å²) in [6.45, 7) is 2.91. The van der Waals surface area contributed by atoms with Crippen LogP contribution in [0.15, 0.2) is 72.1 Å². The van der Waals surface area contributed by atoms with Gasteiger partial charge in [-0.2, -0.15) is 0 Å². The average Bonchev–Trinajstić information content (AvgIpc) is 3.57. The SMILES string of the molecule is Cc1ccccc1[C@H]1c2ccsc2CCN1C(=O)CN(C(=O)/C=C/c1ccccc1)C1CC1. The predicted octanol–water partition coefficient (Wildman–Crippen LogP) is 5.24. The van der Waals surface area contributed by atoms with Gasteiger partial charge in [0, 0.05) is 23.5 Å². The second kappa shape index (κ2) is 9.36. The van der Waals surface area contributed by atoms with Gasteiger partial charge in [0.25, 0.3) is 0 Å². The van der Waals surface area contributed by atoms with Gasteiger partial charge in [-0.15, -0.1) is 11.3 Å². The lowest BCUT2D eigenvalue weighted by atomic mass is 9.90. The highest BCUT2D eigenvalue weighted by molar-refractivity contribution is 7.10. The Kier molecular flexibility index (Phi) is 6.14. The maximum Gasteiger partial charge on any atom is 0.247 e. The third-order valence-corrected chi connectivity index (χ3v) is 7.56. The van der Waals surface area contributed by atoms with Crippen molar-refractivity contribution in [2.75, 3.05) is 13.1 Å². The van der Waals surface area contributed by atoms with E-state index in [1.807, 2.05) is 53.4 Å². The van der Waals surface area contributed by atoms with E-state index in [2.05, 4.69) is 30.5 Å². The molecule has 0 bridgehead atoms. The van der Waals surface area contributed by atoms with Crippen molar-refractivity contribution in [2.24, 2.45) is 0 Å². The fourth-order valence-electron chi connectivity index (χ4n) is 4.65. The number of fused-ring (bicyclic) bond motifs is 1. The Hall–Kier alpha value is -3.18. The number of benzene rings is 2. The fourth-order valence-corrected chi connectivity index (χ4v) is 5.55. The van der Waals surface area contributed by atoms with Crippen LogP contribution in [-0.2, 0) is 16.0 Å². The third kappa shape index (κ3) is 4.64. The molecule has 2 amide bonds. The topological polar surface area (TPSA) is 40.6 Å². The van der Waals surface area contributed by atoms with Gasteiger partial charge in [-0.3, -0.25) is 9.59 Å². The van der Waals surface area contributed by atoms with Crippen molar-refractivity contribution in [3.05, 3.63) is 99.3 Å². The number of carbonyl (C=O) groups excluding carboxylic acids is 2. The molecule has 3 aromatic rings. The maximum atomic E-state index is 13.7. The van der Waals surface area contributed by atoms with Crippen LogP contribution >= 0.6 is 11.3 Å². The van der Waals surface area contributed by atoms with E-state index in [9.17, 15) is 9.59 Å². The Bertz CT molecular complexity index is 1180. The van der Waals surface area contributed by atoms with E-state index in [0.29, 0.717) is 6.54 Å². The quantitative estimate of drug-likeness (QED) is 0.476. The largest absolute Gasteiger partial charge is 0.330 e. The highest BCUT2D eigenvalue weighted by atomic mass is 32.1. The fraction of sp³-hybridized carbons (Fsp3) is 0.286. The molecule has 5 rings (SSSR count). The summed E-state index contributed by atoms with van der Waals surface area (Å²) in [5.41, 5.74) is 4.55. The molecule has 168 valence electrons. The second-order valence-electron chi connectivity index (χ2n) is 8.84. The zero-order chi connectivity index (χ0) is 22.8. The Morgan fingerprint density at radius 2 is 1.79 bits per heavy atom. The first-order chi connectivity index (χ1) is 16.1. The standard InChI is InChI=1S/C28H28N2O2S/c1-20-7-5-6-10-23(20)28-24-16-18-33-25(24)15-17-29(28)27(32)19-30(22-12-13-22)26(31)14-11-21-8-3-2-4-9-21/h2-11,14,16,18,22,28H,12-13,15,17,19H2,1H3/b14-11+/t28-/m0/s1. The number of aryl methyl sites for hydroxylation is 1. The molecule has 1 atom stereocenters. The lowest BCUT2D eigenvalue weighted by molar-refractivity contribution is -0.140. The Morgan fingerprint density at radius 1 is 1.03 bits per heavy atom. The van der Waals surface area contributed by atoms with Crippen LogP contribution in [-0.4, -0.2) is 40.7 Å². The van der Waals surface area contributed by atoms with Gasteiger partial charge in [-0.25, -0.2) is 0 Å². The lowest BCUT2D eigenvalue weighted by Crippen LogP contribution is -2.47. The molecule has 1 fully saturated rings. The van der Waals surface area contributed by atoms with Crippen molar-refractivity contribution < 1.29 is 9.59 Å². The van der Waals surface area contributed by atoms with Gasteiger partial charge in [-0.05, 0) is 66.0 Å². The van der Waals surface area contributed by atoms with Gasteiger partial charge < -0.3 is 9.80 Å². The van der Waals surface area contributed by atoms with E-state index in [1.165, 1.54) is 21.6 Å². The second-order valence-corrected chi connectivity index (χ2v) is 9.84. The number of hydrogen-bond acceptors (Lipinski definition) is 3. The molecule has 5 heteroatoms. The highest BCUT2D eigenvalue weighted by Gasteiger charge is 2.37. The van der Waals surface area contributed by atoms with Crippen LogP contribution in [0, 0.1) is 6.92 Å². The number of thiophene rings is 1. The zero-order valence-corrected chi connectivity index (χ0v) is 19.6. The summed E-state index contributed by atoms with van der Waals surface area (Å²) in [6, 6.07) is 20.3. The van der Waals surface area contributed by atoms with Crippen molar-refractivity contribution in [3.8, 4) is 0 Å². The molecule has 2 aliphatic rings. The zero-order valence-electron chi connectivity index (χ0n) is 18.8. The summed E-state index contributed by atoms with van der Waals surface area (Å²) >= 11 is 1.77. The summed E-state index contributed by atoms with van der Waals surface area (Å²) in [4.78, 5) is 31.8. The summed E-state index contributed by atoms with van der Waals surface area (Å²) < 4.78 is 0. The maximum absolute atomic E-state index is 13.7. The van der Waals surface area contributed by atoms with E-state index >= 15 is 0 Å². The molecule has 2 heterocycles. The minimum absolute atomic E-state index is 0.0217. The van der Waals surface area contributed by atoms with E-state index in [-0.39, 0.29) is 30.4 Å². The molecule has 33 heavy (non-hydrogen) atoms. The minimum Gasteiger partial charge on any atom is -0.330 e. The molecule has 1 aromatic heterocycles. The summed E-state index contributed by atoms with van der Waals surface area (Å²) in [5, 5.41) is 2.12. The van der Waals surface area contributed by atoms with Crippen molar-refractivity contribution in [3.63, 3.8) is 0 Å². The molecule has 0 saturated heterocycles. The first-order valence-corrected chi connectivity index (χ1v) is 12.4. The van der Waals surface area contributed by atoms with Crippen LogP contribution < -0.4 is 0 Å². The molecule has 1 aliphatic carbocycles. The molecule has 0 spiro atoms. The van der Waals surface area contributed by atoms with Crippen LogP contribution in [0.2, 0.25) is 0 Å². The van der Waals surface area contributed by atoms with Crippen LogP contribution in [0.25, 0.3) is 6.08 Å². The molecule has 4 nitrogen and oxygen atoms in total. The predicted molar refractivity (Wildman–Crippen MR) is 133 cm³/mol. The van der Waals surface area contributed by atoms with E-state index in [0.717, 1.165) is 24.8 Å². The van der Waals surface area contributed by atoms with Crippen LogP contribution in [0.5, 0.6) is 0 Å². The Balaban J connectivity index is 1.38. The van der Waals surface area contributed by atoms with Crippen LogP contribution in [0.4, 0.5) is 0 Å². The first-order valence-electron chi connectivity index (χ1n) is 11.6. The van der Waals surface area contributed by atoms with Gasteiger partial charge in [-0.1, -0.05) is 54.6 Å². The number of nitrogens with zero attached hydrogens (tertiary/aromatic N) is 2. The average molecular weight is 457 g/mol. The van der Waals surface area contributed by atoms with E-state index in [4.69, 9.17) is 0 Å². The molecular weight excluding hydrogens is 428 g/mol. The molecule has 1 aliphatic heterocycles. The molecule has 1 saturated carbocycles. The summed E-state index contributed by atoms with van der Waals surface area (Å²) in [7, 11) is 0. The highest BCUT2D eigenvalue weighted by Crippen LogP contribution is 2.39. The lowest BCUT2D eigenvalue weighted by Gasteiger charge is -2.38. The van der Waals surface area contributed by atoms with Gasteiger partial charge in [0.2, 0.25) is 11.8 Å². The van der Waals surface area contributed by atoms with Gasteiger partial charge in [0.1, 0.15) is 6.54 Å². The van der Waals surface area contributed by atoms with Gasteiger partial charge in [0.15, 0.2) is 0 Å². The monoisotopic (exact) mass is 456 g/mol. The molecule has 0 unspecified atom stereocenters. The van der Waals surface area contributed by atoms with Gasteiger partial charge >= 0.3 is 0 Å². The van der Waals surface area contributed by atoms with Crippen LogP contribution in [0.3, 0.4) is 0 Å². The Morgan fingerprint density at radius 3 is 2.55 bits per heavy atom. The number of hydrogen-bond donors (Lipinski definition) is 0. The normalized spacial score (nSPS) is 17.7. The van der Waals surface area contributed by atoms with Crippen molar-refractivity contribution in [1.29, 1.82) is 0 Å². The van der Waals surface area contributed by atoms with Crippen molar-refractivity contribution >= 4 is 29.2 Å². The summed E-state index contributed by atoms with van der Waals surface area (Å²) in [5.74, 6) is -0.0659. The summed E-state index contributed by atoms with van der Waals surface area (Å²) in [6.07, 6.45) is 6.23. The van der Waals surface area contributed by atoms with Crippen LogP contribution in [0.1, 0.15) is 46.0 Å².